The van der Waals surface area contributed by atoms with Gasteiger partial charge in [0.25, 0.3) is 5.56 Å². The van der Waals surface area contributed by atoms with E-state index in [-0.39, 0.29) is 23.2 Å². The van der Waals surface area contributed by atoms with Gasteiger partial charge in [0.15, 0.2) is 0 Å². The second-order valence-electron chi connectivity index (χ2n) is 3.93. The van der Waals surface area contributed by atoms with Gasteiger partial charge in [-0.25, -0.2) is 9.97 Å². The summed E-state index contributed by atoms with van der Waals surface area (Å²) < 4.78 is 0. The Morgan fingerprint density at radius 2 is 2.06 bits per heavy atom. The molecule has 0 spiro atoms. The lowest BCUT2D eigenvalue weighted by molar-refractivity contribution is 0.865. The third-order valence-corrected chi connectivity index (χ3v) is 2.43. The second-order valence-corrected chi connectivity index (χ2v) is 3.93. The van der Waals surface area contributed by atoms with Crippen molar-refractivity contribution in [2.24, 2.45) is 0 Å². The van der Waals surface area contributed by atoms with E-state index in [4.69, 9.17) is 11.5 Å². The zero-order valence-electron chi connectivity index (χ0n) is 9.11. The molecule has 2 rings (SSSR count). The summed E-state index contributed by atoms with van der Waals surface area (Å²) >= 11 is 0. The van der Waals surface area contributed by atoms with Crippen molar-refractivity contribution in [1.29, 1.82) is 0 Å². The zero-order chi connectivity index (χ0) is 11.9. The van der Waals surface area contributed by atoms with E-state index in [1.165, 1.54) is 0 Å². The lowest BCUT2D eigenvalue weighted by Gasteiger charge is -2.09. The number of H-pyrrole nitrogens is 1. The molecule has 0 saturated heterocycles. The number of rotatable bonds is 1. The van der Waals surface area contributed by atoms with Crippen molar-refractivity contribution >= 4 is 22.7 Å². The van der Waals surface area contributed by atoms with Crippen LogP contribution >= 0.6 is 0 Å². The van der Waals surface area contributed by atoms with Gasteiger partial charge in [0, 0.05) is 6.20 Å². The lowest BCUT2D eigenvalue weighted by Crippen LogP contribution is -2.15. The van der Waals surface area contributed by atoms with Crippen LogP contribution in [0.25, 0.3) is 10.9 Å². The smallest absolute Gasteiger partial charge is 0.263 e. The average molecular weight is 219 g/mol. The highest BCUT2D eigenvalue weighted by atomic mass is 16.1. The fourth-order valence-corrected chi connectivity index (χ4v) is 1.62. The predicted molar refractivity (Wildman–Crippen MR) is 63.1 cm³/mol. The summed E-state index contributed by atoms with van der Waals surface area (Å²) in [6, 6.07) is 0. The summed E-state index contributed by atoms with van der Waals surface area (Å²) in [5, 5.41) is 0.306. The highest BCUT2D eigenvalue weighted by Crippen LogP contribution is 2.23. The molecule has 0 atom stereocenters. The van der Waals surface area contributed by atoms with Crippen molar-refractivity contribution < 1.29 is 0 Å². The molecule has 6 heteroatoms. The summed E-state index contributed by atoms with van der Waals surface area (Å²) in [7, 11) is 0. The topological polar surface area (TPSA) is 111 Å². The molecule has 0 aromatic carbocycles. The van der Waals surface area contributed by atoms with Crippen molar-refractivity contribution in [2.75, 3.05) is 11.5 Å². The SMILES string of the molecule is CC(C)c1cnc(N)c2c(=O)[nH]c(N)nc12. The number of fused-ring (bicyclic) bond motifs is 1. The minimum Gasteiger partial charge on any atom is -0.383 e. The minimum absolute atomic E-state index is 0.0880. The van der Waals surface area contributed by atoms with Gasteiger partial charge in [-0.3, -0.25) is 9.78 Å². The Bertz CT molecular complexity index is 602. The molecular formula is C10H13N5O. The molecule has 2 aromatic heterocycles. The molecule has 84 valence electrons. The molecule has 0 amide bonds. The second kappa shape index (κ2) is 3.48. The fourth-order valence-electron chi connectivity index (χ4n) is 1.62. The van der Waals surface area contributed by atoms with E-state index in [0.29, 0.717) is 10.9 Å². The normalized spacial score (nSPS) is 11.2. The number of aromatic nitrogens is 3. The van der Waals surface area contributed by atoms with Gasteiger partial charge in [-0.1, -0.05) is 13.8 Å². The standard InChI is InChI=1S/C10H13N5O/c1-4(2)5-3-13-8(11)6-7(5)14-10(12)15-9(6)16/h3-4H,1-2H3,(H2,11,13)(H3,12,14,15,16). The van der Waals surface area contributed by atoms with E-state index in [0.717, 1.165) is 5.56 Å². The van der Waals surface area contributed by atoms with Gasteiger partial charge in [-0.2, -0.15) is 0 Å². The maximum Gasteiger partial charge on any atom is 0.263 e. The van der Waals surface area contributed by atoms with E-state index >= 15 is 0 Å². The molecule has 0 aliphatic rings. The minimum atomic E-state index is -0.352. The van der Waals surface area contributed by atoms with Crippen LogP contribution in [0.4, 0.5) is 11.8 Å². The van der Waals surface area contributed by atoms with Crippen LogP contribution < -0.4 is 17.0 Å². The Labute approximate surface area is 91.7 Å². The maximum absolute atomic E-state index is 11.7. The first-order valence-electron chi connectivity index (χ1n) is 4.94. The Kier molecular flexibility index (Phi) is 2.26. The quantitative estimate of drug-likeness (QED) is 0.650. The third kappa shape index (κ3) is 1.48. The molecule has 16 heavy (non-hydrogen) atoms. The number of nitrogens with two attached hydrogens (primary N) is 2. The number of hydrogen-bond acceptors (Lipinski definition) is 5. The molecule has 0 bridgehead atoms. The molecule has 5 N–H and O–H groups in total. The van der Waals surface area contributed by atoms with Crippen LogP contribution in [0, 0.1) is 0 Å². The van der Waals surface area contributed by atoms with E-state index in [2.05, 4.69) is 15.0 Å². The molecule has 2 heterocycles. The van der Waals surface area contributed by atoms with E-state index in [1.807, 2.05) is 13.8 Å². The summed E-state index contributed by atoms with van der Waals surface area (Å²) in [6.07, 6.45) is 1.63. The van der Waals surface area contributed by atoms with Crippen LogP contribution in [0.15, 0.2) is 11.0 Å². The van der Waals surface area contributed by atoms with Crippen LogP contribution in [0.3, 0.4) is 0 Å². The average Bonchev–Trinajstić information content (AvgIpc) is 2.15. The first kappa shape index (κ1) is 10.4. The van der Waals surface area contributed by atoms with Gasteiger partial charge in [-0.05, 0) is 11.5 Å². The molecule has 0 aliphatic heterocycles. The lowest BCUT2D eigenvalue weighted by atomic mass is 10.0. The van der Waals surface area contributed by atoms with Crippen molar-refractivity contribution in [3.05, 3.63) is 22.1 Å². The monoisotopic (exact) mass is 219 g/mol. The highest BCUT2D eigenvalue weighted by Gasteiger charge is 2.13. The number of nitrogen functional groups attached to an aromatic ring is 2. The summed E-state index contributed by atoms with van der Waals surface area (Å²) in [5.41, 5.74) is 12.2. The van der Waals surface area contributed by atoms with Gasteiger partial charge in [0.2, 0.25) is 5.95 Å². The van der Waals surface area contributed by atoms with Crippen LogP contribution in [-0.4, -0.2) is 15.0 Å². The van der Waals surface area contributed by atoms with Crippen LogP contribution in [0.5, 0.6) is 0 Å². The van der Waals surface area contributed by atoms with Crippen LogP contribution in [-0.2, 0) is 0 Å². The van der Waals surface area contributed by atoms with Gasteiger partial charge in [-0.15, -0.1) is 0 Å². The van der Waals surface area contributed by atoms with Crippen molar-refractivity contribution in [3.8, 4) is 0 Å². The van der Waals surface area contributed by atoms with E-state index in [9.17, 15) is 4.79 Å². The first-order valence-corrected chi connectivity index (χ1v) is 4.94. The number of aromatic amines is 1. The van der Waals surface area contributed by atoms with Gasteiger partial charge in [0.1, 0.15) is 11.2 Å². The third-order valence-electron chi connectivity index (χ3n) is 2.43. The van der Waals surface area contributed by atoms with Gasteiger partial charge < -0.3 is 11.5 Å². The molecule has 0 unspecified atom stereocenters. The number of pyridine rings is 1. The summed E-state index contributed by atoms with van der Waals surface area (Å²) in [6.45, 7) is 3.98. The molecule has 6 nitrogen and oxygen atoms in total. The fraction of sp³-hybridized carbons (Fsp3) is 0.300. The molecule has 0 fully saturated rings. The van der Waals surface area contributed by atoms with Crippen LogP contribution in [0.2, 0.25) is 0 Å². The van der Waals surface area contributed by atoms with Crippen molar-refractivity contribution in [3.63, 3.8) is 0 Å². The number of nitrogens with zero attached hydrogens (tertiary/aromatic N) is 2. The van der Waals surface area contributed by atoms with Gasteiger partial charge >= 0.3 is 0 Å². The summed E-state index contributed by atoms with van der Waals surface area (Å²) in [4.78, 5) is 22.2. The zero-order valence-corrected chi connectivity index (χ0v) is 9.11. The molecule has 0 aliphatic carbocycles. The molecule has 0 saturated carbocycles. The van der Waals surface area contributed by atoms with Crippen molar-refractivity contribution in [1.82, 2.24) is 15.0 Å². The number of nitrogens with one attached hydrogen (secondary N) is 1. The Hall–Kier alpha value is -2.11. The van der Waals surface area contributed by atoms with E-state index in [1.54, 1.807) is 6.20 Å². The maximum atomic E-state index is 11.7. The molecular weight excluding hydrogens is 206 g/mol. The molecule has 0 radical (unpaired) electrons. The number of hydrogen-bond donors (Lipinski definition) is 3. The van der Waals surface area contributed by atoms with Crippen LogP contribution in [0.1, 0.15) is 25.3 Å². The summed E-state index contributed by atoms with van der Waals surface area (Å²) in [5.74, 6) is 0.461. The Morgan fingerprint density at radius 3 is 2.69 bits per heavy atom. The first-order chi connectivity index (χ1) is 7.50. The Morgan fingerprint density at radius 1 is 1.38 bits per heavy atom. The van der Waals surface area contributed by atoms with E-state index < -0.39 is 0 Å². The van der Waals surface area contributed by atoms with Gasteiger partial charge in [0.05, 0.1) is 5.52 Å². The highest BCUT2D eigenvalue weighted by molar-refractivity contribution is 5.90. The Balaban J connectivity index is 2.98. The largest absolute Gasteiger partial charge is 0.383 e. The number of anilines is 2. The van der Waals surface area contributed by atoms with Crippen molar-refractivity contribution in [2.45, 2.75) is 19.8 Å². The molecule has 2 aromatic rings. The predicted octanol–water partition coefficient (Wildman–Crippen LogP) is 0.606.